The van der Waals surface area contributed by atoms with Crippen molar-refractivity contribution < 1.29 is 18.1 Å². The SMILES string of the molecule is Cl.NCc1ccccc1.[Cl-].[NH3+]Cc1ccccc1. The Morgan fingerprint density at radius 2 is 1.17 bits per heavy atom. The Labute approximate surface area is 121 Å². The third-order valence-corrected chi connectivity index (χ3v) is 2.21. The van der Waals surface area contributed by atoms with Gasteiger partial charge in [-0.15, -0.1) is 12.4 Å². The van der Waals surface area contributed by atoms with Crippen molar-refractivity contribution in [2.45, 2.75) is 13.1 Å². The van der Waals surface area contributed by atoms with Gasteiger partial charge in [-0.3, -0.25) is 0 Å². The summed E-state index contributed by atoms with van der Waals surface area (Å²) in [4.78, 5) is 0. The molecule has 0 fully saturated rings. The minimum absolute atomic E-state index is 0. The molecule has 18 heavy (non-hydrogen) atoms. The zero-order valence-electron chi connectivity index (χ0n) is 10.3. The molecule has 0 saturated heterocycles. The largest absolute Gasteiger partial charge is 1.00 e. The molecule has 0 radical (unpaired) electrons. The van der Waals surface area contributed by atoms with Gasteiger partial charge in [0.05, 0.1) is 6.54 Å². The summed E-state index contributed by atoms with van der Waals surface area (Å²) >= 11 is 0. The van der Waals surface area contributed by atoms with E-state index in [0.29, 0.717) is 6.54 Å². The highest BCUT2D eigenvalue weighted by Crippen LogP contribution is 1.94. The van der Waals surface area contributed by atoms with Gasteiger partial charge < -0.3 is 23.9 Å². The molecule has 0 saturated carbocycles. The van der Waals surface area contributed by atoms with Crippen LogP contribution in [0.2, 0.25) is 0 Å². The van der Waals surface area contributed by atoms with E-state index in [1.807, 2.05) is 48.5 Å². The van der Waals surface area contributed by atoms with Crippen LogP contribution in [-0.2, 0) is 13.1 Å². The van der Waals surface area contributed by atoms with Crippen molar-refractivity contribution in [2.75, 3.05) is 0 Å². The van der Waals surface area contributed by atoms with Gasteiger partial charge in [-0.2, -0.15) is 0 Å². The molecule has 5 N–H and O–H groups in total. The van der Waals surface area contributed by atoms with Crippen LogP contribution >= 0.6 is 12.4 Å². The lowest BCUT2D eigenvalue weighted by molar-refractivity contribution is -0.386. The molecule has 100 valence electrons. The van der Waals surface area contributed by atoms with Gasteiger partial charge in [-0.1, -0.05) is 60.7 Å². The normalized spacial score (nSPS) is 8.11. The van der Waals surface area contributed by atoms with E-state index in [2.05, 4.69) is 17.9 Å². The second-order valence-electron chi connectivity index (χ2n) is 3.43. The van der Waals surface area contributed by atoms with Crippen LogP contribution in [0, 0.1) is 0 Å². The van der Waals surface area contributed by atoms with Gasteiger partial charge in [0.25, 0.3) is 0 Å². The minimum atomic E-state index is 0. The Morgan fingerprint density at radius 1 is 0.778 bits per heavy atom. The van der Waals surface area contributed by atoms with E-state index >= 15 is 0 Å². The lowest BCUT2D eigenvalue weighted by Crippen LogP contribution is -3.00. The molecule has 0 amide bonds. The number of nitrogens with two attached hydrogens (primary N) is 1. The third-order valence-electron chi connectivity index (χ3n) is 2.21. The van der Waals surface area contributed by atoms with Crippen molar-refractivity contribution in [2.24, 2.45) is 5.73 Å². The fraction of sp³-hybridized carbons (Fsp3) is 0.143. The van der Waals surface area contributed by atoms with E-state index in [4.69, 9.17) is 5.73 Å². The number of halogens is 2. The molecule has 0 spiro atoms. The van der Waals surface area contributed by atoms with Crippen LogP contribution in [0.25, 0.3) is 0 Å². The average Bonchev–Trinajstić information content (AvgIpc) is 2.41. The lowest BCUT2D eigenvalue weighted by atomic mass is 10.2. The summed E-state index contributed by atoms with van der Waals surface area (Å²) in [6, 6.07) is 20.2. The molecule has 2 nitrogen and oxygen atoms in total. The molecule has 2 aromatic carbocycles. The smallest absolute Gasteiger partial charge is 0.0997 e. The monoisotopic (exact) mass is 286 g/mol. The molecule has 2 rings (SSSR count). The molecule has 0 atom stereocenters. The van der Waals surface area contributed by atoms with E-state index < -0.39 is 0 Å². The fourth-order valence-electron chi connectivity index (χ4n) is 1.26. The molecule has 0 bridgehead atoms. The topological polar surface area (TPSA) is 53.7 Å². The van der Waals surface area contributed by atoms with Crippen LogP contribution in [0.15, 0.2) is 60.7 Å². The molecule has 0 heterocycles. The first-order chi connectivity index (χ1) is 7.86. The van der Waals surface area contributed by atoms with Gasteiger partial charge in [0.2, 0.25) is 0 Å². The van der Waals surface area contributed by atoms with Crippen LogP contribution in [0.1, 0.15) is 11.1 Å². The summed E-state index contributed by atoms with van der Waals surface area (Å²) in [6.45, 7) is 1.53. The fourth-order valence-corrected chi connectivity index (χ4v) is 1.26. The maximum atomic E-state index is 5.35. The molecular weight excluding hydrogens is 267 g/mol. The third kappa shape index (κ3) is 8.09. The Hall–Kier alpha value is -1.06. The van der Waals surface area contributed by atoms with Crippen molar-refractivity contribution in [3.8, 4) is 0 Å². The molecule has 0 aromatic heterocycles. The number of hydrogen-bond acceptors (Lipinski definition) is 1. The van der Waals surface area contributed by atoms with Gasteiger partial charge in [-0.25, -0.2) is 0 Å². The van der Waals surface area contributed by atoms with E-state index in [0.717, 1.165) is 6.54 Å². The standard InChI is InChI=1S/2C7H9N.2ClH/c2*8-6-7-4-2-1-3-5-7;;/h2*1-5H,6,8H2;2*1H. The summed E-state index contributed by atoms with van der Waals surface area (Å²) in [5.74, 6) is 0. The molecule has 0 aliphatic rings. The van der Waals surface area contributed by atoms with E-state index in [9.17, 15) is 0 Å². The highest BCUT2D eigenvalue weighted by Gasteiger charge is 1.83. The zero-order valence-corrected chi connectivity index (χ0v) is 11.8. The van der Waals surface area contributed by atoms with E-state index in [-0.39, 0.29) is 24.8 Å². The van der Waals surface area contributed by atoms with E-state index in [1.54, 1.807) is 0 Å². The highest BCUT2D eigenvalue weighted by molar-refractivity contribution is 5.85. The molecule has 0 aliphatic carbocycles. The van der Waals surface area contributed by atoms with Crippen LogP contribution in [-0.4, -0.2) is 0 Å². The first-order valence-electron chi connectivity index (χ1n) is 5.44. The molecule has 2 aromatic rings. The summed E-state index contributed by atoms with van der Waals surface area (Å²) in [5, 5.41) is 0. The summed E-state index contributed by atoms with van der Waals surface area (Å²) in [5.41, 5.74) is 11.6. The molecule has 4 heteroatoms. The van der Waals surface area contributed by atoms with Crippen molar-refractivity contribution in [1.29, 1.82) is 0 Å². The lowest BCUT2D eigenvalue weighted by Gasteiger charge is -1.90. The number of hydrogen-bond donors (Lipinski definition) is 2. The van der Waals surface area contributed by atoms with Crippen LogP contribution < -0.4 is 23.9 Å². The maximum Gasteiger partial charge on any atom is 0.0997 e. The zero-order chi connectivity index (χ0) is 11.6. The van der Waals surface area contributed by atoms with E-state index in [1.165, 1.54) is 11.1 Å². The summed E-state index contributed by atoms with van der Waals surface area (Å²) in [7, 11) is 0. The van der Waals surface area contributed by atoms with Gasteiger partial charge in [-0.05, 0) is 5.56 Å². The van der Waals surface area contributed by atoms with Crippen molar-refractivity contribution in [3.63, 3.8) is 0 Å². The van der Waals surface area contributed by atoms with Crippen molar-refractivity contribution >= 4 is 12.4 Å². The Balaban J connectivity index is 0. The molecular formula is C14H20Cl2N2. The predicted octanol–water partition coefficient (Wildman–Crippen LogP) is -1.00. The Kier molecular flexibility index (Phi) is 13.3. The van der Waals surface area contributed by atoms with Crippen LogP contribution in [0.5, 0.6) is 0 Å². The van der Waals surface area contributed by atoms with Gasteiger partial charge in [0.1, 0.15) is 0 Å². The number of rotatable bonds is 2. The number of benzene rings is 2. The predicted molar refractivity (Wildman–Crippen MR) is 74.6 cm³/mol. The number of quaternary nitrogens is 1. The Morgan fingerprint density at radius 3 is 1.39 bits per heavy atom. The summed E-state index contributed by atoms with van der Waals surface area (Å²) in [6.07, 6.45) is 0. The average molecular weight is 287 g/mol. The Bertz CT molecular complexity index is 340. The van der Waals surface area contributed by atoms with Gasteiger partial charge in [0, 0.05) is 12.1 Å². The first kappa shape index (κ1) is 19.3. The second-order valence-corrected chi connectivity index (χ2v) is 3.43. The quantitative estimate of drug-likeness (QED) is 0.731. The van der Waals surface area contributed by atoms with Crippen LogP contribution in [0.4, 0.5) is 0 Å². The molecule has 0 unspecified atom stereocenters. The van der Waals surface area contributed by atoms with Crippen molar-refractivity contribution in [1.82, 2.24) is 0 Å². The molecule has 0 aliphatic heterocycles. The van der Waals surface area contributed by atoms with Gasteiger partial charge >= 0.3 is 0 Å². The highest BCUT2D eigenvalue weighted by atomic mass is 35.5. The summed E-state index contributed by atoms with van der Waals surface area (Å²) < 4.78 is 0. The second kappa shape index (κ2) is 12.4. The van der Waals surface area contributed by atoms with Gasteiger partial charge in [0.15, 0.2) is 0 Å². The van der Waals surface area contributed by atoms with Crippen LogP contribution in [0.3, 0.4) is 0 Å². The maximum absolute atomic E-state index is 5.35. The first-order valence-corrected chi connectivity index (χ1v) is 5.44. The minimum Gasteiger partial charge on any atom is -1.00 e. The van der Waals surface area contributed by atoms with Crippen molar-refractivity contribution in [3.05, 3.63) is 71.8 Å².